The molecule has 4 nitrogen and oxygen atoms in total. The van der Waals surface area contributed by atoms with Crippen LogP contribution in [0.5, 0.6) is 5.75 Å². The zero-order valence-corrected chi connectivity index (χ0v) is 20.0. The van der Waals surface area contributed by atoms with Gasteiger partial charge in [-0.15, -0.1) is 6.58 Å². The predicted molar refractivity (Wildman–Crippen MR) is 133 cm³/mol. The first-order valence-corrected chi connectivity index (χ1v) is 12.1. The summed E-state index contributed by atoms with van der Waals surface area (Å²) in [5.41, 5.74) is 5.84. The summed E-state index contributed by atoms with van der Waals surface area (Å²) in [5.74, 6) is 1.91. The average molecular weight is 444 g/mol. The Bertz CT molecular complexity index is 1170. The topological polar surface area (TPSA) is 42.4 Å². The van der Waals surface area contributed by atoms with Gasteiger partial charge in [0.15, 0.2) is 0 Å². The second-order valence-corrected chi connectivity index (χ2v) is 10.3. The number of hydrogen-bond acceptors (Lipinski definition) is 3. The fraction of sp³-hybridized carbons (Fsp3) is 0.414. The Balaban J connectivity index is 1.57. The van der Waals surface area contributed by atoms with Gasteiger partial charge in [-0.1, -0.05) is 35.4 Å². The highest BCUT2D eigenvalue weighted by Crippen LogP contribution is 2.48. The summed E-state index contributed by atoms with van der Waals surface area (Å²) in [6.45, 7) is 11.6. The fourth-order valence-electron chi connectivity index (χ4n) is 6.64. The molecule has 6 rings (SSSR count). The number of aryl methyl sites for hydroxylation is 2. The van der Waals surface area contributed by atoms with Gasteiger partial charge in [-0.05, 0) is 49.6 Å². The largest absolute Gasteiger partial charge is 0.497 e. The van der Waals surface area contributed by atoms with Crippen molar-refractivity contribution >= 4 is 10.9 Å². The first-order valence-electron chi connectivity index (χ1n) is 12.1. The number of quaternary nitrogens is 1. The Morgan fingerprint density at radius 3 is 2.70 bits per heavy atom. The van der Waals surface area contributed by atoms with Crippen molar-refractivity contribution in [2.24, 2.45) is 11.8 Å². The number of aromatic nitrogens is 1. The summed E-state index contributed by atoms with van der Waals surface area (Å²) < 4.78 is 6.40. The highest BCUT2D eigenvalue weighted by Gasteiger charge is 2.54. The molecule has 1 N–H and O–H groups in total. The van der Waals surface area contributed by atoms with Crippen LogP contribution in [0.25, 0.3) is 10.9 Å². The van der Waals surface area contributed by atoms with Gasteiger partial charge in [0.2, 0.25) is 0 Å². The molecule has 3 aliphatic heterocycles. The maximum atomic E-state index is 11.9. The minimum absolute atomic E-state index is 0.151. The number of benzene rings is 2. The molecule has 4 heterocycles. The highest BCUT2D eigenvalue weighted by atomic mass is 16.5. The molecule has 3 fully saturated rings. The van der Waals surface area contributed by atoms with Crippen LogP contribution in [-0.2, 0) is 6.54 Å². The van der Waals surface area contributed by atoms with E-state index in [-0.39, 0.29) is 6.04 Å². The normalized spacial score (nSPS) is 27.5. The highest BCUT2D eigenvalue weighted by molar-refractivity contribution is 5.83. The first kappa shape index (κ1) is 22.1. The van der Waals surface area contributed by atoms with E-state index in [0.29, 0.717) is 11.8 Å². The van der Waals surface area contributed by atoms with Crippen LogP contribution in [0, 0.1) is 25.7 Å². The van der Waals surface area contributed by atoms with Crippen LogP contribution in [0.4, 0.5) is 0 Å². The van der Waals surface area contributed by atoms with E-state index >= 15 is 0 Å². The molecule has 2 aromatic carbocycles. The lowest BCUT2D eigenvalue weighted by Crippen LogP contribution is -2.67. The van der Waals surface area contributed by atoms with Crippen LogP contribution in [0.1, 0.15) is 41.2 Å². The minimum atomic E-state index is -0.554. The molecule has 33 heavy (non-hydrogen) atoms. The van der Waals surface area contributed by atoms with Gasteiger partial charge in [-0.3, -0.25) is 4.98 Å². The van der Waals surface area contributed by atoms with Crippen molar-refractivity contribution in [2.45, 2.75) is 45.4 Å². The molecule has 3 unspecified atom stereocenters. The van der Waals surface area contributed by atoms with Crippen LogP contribution in [0.2, 0.25) is 0 Å². The Kier molecular flexibility index (Phi) is 5.75. The van der Waals surface area contributed by atoms with Gasteiger partial charge in [0, 0.05) is 35.9 Å². The van der Waals surface area contributed by atoms with E-state index in [2.05, 4.69) is 49.7 Å². The first-order chi connectivity index (χ1) is 15.9. The van der Waals surface area contributed by atoms with Crippen molar-refractivity contribution in [2.75, 3.05) is 20.2 Å². The standard InChI is InChI=1S/C29H35N2O2/c1-5-22-18-31(17-21-13-19(2)12-20(3)14-21)11-9-23(22)15-28(31)29(32)25-8-10-30-27-7-6-24(33-4)16-26(25)27/h5-8,10,12-14,16,22-23,28-29,32H,1,9,11,15,17-18H2,2-4H3/q+1/t22?,23?,28-,29+,31?/m1/s1. The van der Waals surface area contributed by atoms with Crippen molar-refractivity contribution in [3.8, 4) is 5.75 Å². The Labute approximate surface area is 197 Å². The fourth-order valence-corrected chi connectivity index (χ4v) is 6.64. The number of methoxy groups -OCH3 is 1. The Morgan fingerprint density at radius 1 is 1.18 bits per heavy atom. The van der Waals surface area contributed by atoms with Crippen molar-refractivity contribution < 1.29 is 14.3 Å². The molecule has 2 bridgehead atoms. The number of aliphatic hydroxyl groups excluding tert-OH is 1. The molecule has 5 atom stereocenters. The third-order valence-corrected chi connectivity index (χ3v) is 8.12. The summed E-state index contributed by atoms with van der Waals surface area (Å²) in [6.07, 6.45) is 5.66. The predicted octanol–water partition coefficient (Wildman–Crippen LogP) is 5.51. The molecule has 172 valence electrons. The molecule has 0 amide bonds. The third kappa shape index (κ3) is 3.96. The van der Waals surface area contributed by atoms with Crippen LogP contribution < -0.4 is 4.74 Å². The van der Waals surface area contributed by atoms with E-state index in [0.717, 1.165) is 52.8 Å². The molecular weight excluding hydrogens is 408 g/mol. The maximum absolute atomic E-state index is 11.9. The number of pyridine rings is 1. The van der Waals surface area contributed by atoms with E-state index in [1.807, 2.05) is 30.5 Å². The van der Waals surface area contributed by atoms with Crippen molar-refractivity contribution in [3.05, 3.63) is 83.6 Å². The summed E-state index contributed by atoms with van der Waals surface area (Å²) in [4.78, 5) is 4.54. The van der Waals surface area contributed by atoms with Crippen LogP contribution >= 0.6 is 0 Å². The number of piperidine rings is 3. The van der Waals surface area contributed by atoms with Gasteiger partial charge in [0.25, 0.3) is 0 Å². The lowest BCUT2D eigenvalue weighted by atomic mass is 9.71. The van der Waals surface area contributed by atoms with Gasteiger partial charge in [-0.25, -0.2) is 0 Å². The van der Waals surface area contributed by atoms with E-state index in [4.69, 9.17) is 4.74 Å². The molecular formula is C29H35N2O2+. The van der Waals surface area contributed by atoms with Crippen LogP contribution in [-0.4, -0.2) is 40.8 Å². The quantitative estimate of drug-likeness (QED) is 0.404. The minimum Gasteiger partial charge on any atom is -0.497 e. The number of hydrogen-bond donors (Lipinski definition) is 1. The second kappa shape index (κ2) is 8.58. The lowest BCUT2D eigenvalue weighted by molar-refractivity contribution is -0.984. The number of ether oxygens (including phenoxy) is 1. The van der Waals surface area contributed by atoms with Gasteiger partial charge >= 0.3 is 0 Å². The number of nitrogens with zero attached hydrogens (tertiary/aromatic N) is 2. The molecule has 4 heteroatoms. The van der Waals surface area contributed by atoms with Crippen LogP contribution in [0.15, 0.2) is 61.3 Å². The Morgan fingerprint density at radius 2 is 1.97 bits per heavy atom. The SMILES string of the molecule is C=CC1C[N+]2(Cc3cc(C)cc(C)c3)CCC1C[C@@H]2[C@@H](O)c1ccnc2ccc(OC)cc12. The molecule has 0 spiro atoms. The van der Waals surface area contributed by atoms with E-state index in [1.54, 1.807) is 7.11 Å². The van der Waals surface area contributed by atoms with Gasteiger partial charge in [0.05, 0.1) is 25.7 Å². The van der Waals surface area contributed by atoms with Crippen molar-refractivity contribution in [1.82, 2.24) is 4.98 Å². The van der Waals surface area contributed by atoms with E-state index in [9.17, 15) is 5.11 Å². The summed E-state index contributed by atoms with van der Waals surface area (Å²) in [7, 11) is 1.68. The molecule has 3 aliphatic rings. The number of rotatable bonds is 6. The van der Waals surface area contributed by atoms with Crippen LogP contribution in [0.3, 0.4) is 0 Å². The number of aliphatic hydroxyl groups is 1. The molecule has 0 saturated carbocycles. The number of fused-ring (bicyclic) bond motifs is 4. The monoisotopic (exact) mass is 443 g/mol. The second-order valence-electron chi connectivity index (χ2n) is 10.3. The zero-order chi connectivity index (χ0) is 23.2. The summed E-state index contributed by atoms with van der Waals surface area (Å²) >= 11 is 0. The smallest absolute Gasteiger partial charge is 0.131 e. The molecule has 0 aliphatic carbocycles. The van der Waals surface area contributed by atoms with Crippen molar-refractivity contribution in [1.29, 1.82) is 0 Å². The summed E-state index contributed by atoms with van der Waals surface area (Å²) in [5, 5.41) is 12.9. The van der Waals surface area contributed by atoms with Gasteiger partial charge in [0.1, 0.15) is 24.4 Å². The zero-order valence-electron chi connectivity index (χ0n) is 20.0. The van der Waals surface area contributed by atoms with Gasteiger partial charge < -0.3 is 14.3 Å². The molecule has 1 aromatic heterocycles. The molecule has 3 saturated heterocycles. The van der Waals surface area contributed by atoms with E-state index in [1.165, 1.54) is 23.1 Å². The maximum Gasteiger partial charge on any atom is 0.131 e. The van der Waals surface area contributed by atoms with E-state index < -0.39 is 6.10 Å². The van der Waals surface area contributed by atoms with Crippen molar-refractivity contribution in [3.63, 3.8) is 0 Å². The Hall–Kier alpha value is -2.69. The lowest BCUT2D eigenvalue weighted by Gasteiger charge is -2.58. The van der Waals surface area contributed by atoms with Gasteiger partial charge in [-0.2, -0.15) is 0 Å². The average Bonchev–Trinajstić information content (AvgIpc) is 2.82. The molecule has 0 radical (unpaired) electrons. The third-order valence-electron chi connectivity index (χ3n) is 8.12. The molecule has 3 aromatic rings. The summed E-state index contributed by atoms with van der Waals surface area (Å²) in [6, 6.07) is 14.9.